The largest absolute Gasteiger partial charge is 0.466 e. The Morgan fingerprint density at radius 3 is 2.72 bits per heavy atom. The second-order valence-corrected chi connectivity index (χ2v) is 4.50. The molecule has 0 spiro atoms. The van der Waals surface area contributed by atoms with Crippen LogP contribution in [-0.4, -0.2) is 25.0 Å². The normalized spacial score (nSPS) is 9.89. The van der Waals surface area contributed by atoms with E-state index in [1.165, 1.54) is 0 Å². The molecule has 4 nitrogen and oxygen atoms in total. The van der Waals surface area contributed by atoms with E-state index in [-0.39, 0.29) is 11.9 Å². The molecule has 0 aliphatic carbocycles. The lowest BCUT2D eigenvalue weighted by atomic mass is 10.2. The summed E-state index contributed by atoms with van der Waals surface area (Å²) in [6, 6.07) is 7.21. The maximum Gasteiger partial charge on any atom is 0.305 e. The molecule has 0 saturated heterocycles. The molecular formula is C13H16BrNO3. The molecule has 0 aliphatic rings. The number of ether oxygens (including phenoxy) is 1. The van der Waals surface area contributed by atoms with Gasteiger partial charge in [-0.2, -0.15) is 0 Å². The van der Waals surface area contributed by atoms with Crippen LogP contribution >= 0.6 is 15.9 Å². The zero-order valence-corrected chi connectivity index (χ0v) is 11.8. The number of rotatable bonds is 6. The highest BCUT2D eigenvalue weighted by molar-refractivity contribution is 9.10. The molecule has 0 bridgehead atoms. The first kappa shape index (κ1) is 14.7. The minimum atomic E-state index is -0.229. The van der Waals surface area contributed by atoms with Gasteiger partial charge in [0.05, 0.1) is 12.2 Å². The number of halogens is 1. The Morgan fingerprint density at radius 2 is 2.06 bits per heavy atom. The summed E-state index contributed by atoms with van der Waals surface area (Å²) in [6.07, 6.45) is 0.902. The zero-order valence-electron chi connectivity index (χ0n) is 10.2. The summed E-state index contributed by atoms with van der Waals surface area (Å²) in [5.41, 5.74) is 0.591. The average Bonchev–Trinajstić information content (AvgIpc) is 2.35. The maximum atomic E-state index is 11.8. The van der Waals surface area contributed by atoms with E-state index < -0.39 is 0 Å². The molecule has 0 atom stereocenters. The first-order chi connectivity index (χ1) is 8.65. The minimum absolute atomic E-state index is 0.147. The van der Waals surface area contributed by atoms with Gasteiger partial charge < -0.3 is 10.1 Å². The smallest absolute Gasteiger partial charge is 0.305 e. The number of carbonyl (C=O) groups is 2. The third kappa shape index (κ3) is 4.87. The Morgan fingerprint density at radius 1 is 1.33 bits per heavy atom. The van der Waals surface area contributed by atoms with Gasteiger partial charge in [0.2, 0.25) is 0 Å². The van der Waals surface area contributed by atoms with E-state index in [1.54, 1.807) is 19.1 Å². The van der Waals surface area contributed by atoms with Crippen molar-refractivity contribution in [2.45, 2.75) is 19.8 Å². The van der Waals surface area contributed by atoms with Crippen molar-refractivity contribution in [2.75, 3.05) is 13.2 Å². The highest BCUT2D eigenvalue weighted by atomic mass is 79.9. The second kappa shape index (κ2) is 7.87. The summed E-state index contributed by atoms with van der Waals surface area (Å²) in [4.78, 5) is 22.8. The third-order valence-corrected chi connectivity index (χ3v) is 2.96. The number of benzene rings is 1. The molecule has 1 aromatic rings. The molecule has 0 fully saturated rings. The van der Waals surface area contributed by atoms with Crippen LogP contribution in [0.25, 0.3) is 0 Å². The van der Waals surface area contributed by atoms with Crippen molar-refractivity contribution in [1.29, 1.82) is 0 Å². The van der Waals surface area contributed by atoms with Gasteiger partial charge in [-0.25, -0.2) is 0 Å². The molecule has 0 saturated carbocycles. The van der Waals surface area contributed by atoms with Gasteiger partial charge in [-0.15, -0.1) is 0 Å². The molecular weight excluding hydrogens is 298 g/mol. The lowest BCUT2D eigenvalue weighted by Crippen LogP contribution is -2.25. The summed E-state index contributed by atoms with van der Waals surface area (Å²) in [7, 11) is 0. The van der Waals surface area contributed by atoms with Gasteiger partial charge in [0.25, 0.3) is 5.91 Å². The predicted molar refractivity (Wildman–Crippen MR) is 72.3 cm³/mol. The molecule has 1 N–H and O–H groups in total. The molecule has 1 amide bonds. The number of esters is 1. The van der Waals surface area contributed by atoms with Crippen molar-refractivity contribution >= 4 is 27.8 Å². The molecule has 0 aromatic heterocycles. The van der Waals surface area contributed by atoms with Gasteiger partial charge >= 0.3 is 5.97 Å². The molecule has 0 unspecified atom stereocenters. The van der Waals surface area contributed by atoms with Gasteiger partial charge in [0.15, 0.2) is 0 Å². The fourth-order valence-electron chi connectivity index (χ4n) is 1.41. The average molecular weight is 314 g/mol. The number of hydrogen-bond acceptors (Lipinski definition) is 3. The Bertz CT molecular complexity index is 420. The fourth-order valence-corrected chi connectivity index (χ4v) is 1.87. The summed E-state index contributed by atoms with van der Waals surface area (Å²) < 4.78 is 5.55. The van der Waals surface area contributed by atoms with Crippen molar-refractivity contribution in [3.8, 4) is 0 Å². The van der Waals surface area contributed by atoms with Crippen LogP contribution in [0.5, 0.6) is 0 Å². The zero-order chi connectivity index (χ0) is 13.4. The van der Waals surface area contributed by atoms with Gasteiger partial charge in [-0.1, -0.05) is 12.1 Å². The highest BCUT2D eigenvalue weighted by Gasteiger charge is 2.08. The number of carbonyl (C=O) groups excluding carboxylic acids is 2. The molecule has 18 heavy (non-hydrogen) atoms. The van der Waals surface area contributed by atoms with Crippen LogP contribution < -0.4 is 5.32 Å². The van der Waals surface area contributed by atoms with Crippen molar-refractivity contribution in [1.82, 2.24) is 5.32 Å². The fraction of sp³-hybridized carbons (Fsp3) is 0.385. The summed E-state index contributed by atoms with van der Waals surface area (Å²) in [6.45, 7) is 2.62. The SMILES string of the molecule is CCOC(=O)CCCNC(=O)c1ccccc1Br. The van der Waals surface area contributed by atoms with Crippen LogP contribution in [0.1, 0.15) is 30.1 Å². The van der Waals surface area contributed by atoms with E-state index in [2.05, 4.69) is 21.2 Å². The first-order valence-electron chi connectivity index (χ1n) is 5.83. The summed E-state index contributed by atoms with van der Waals surface area (Å²) in [5.74, 6) is -0.376. The Hall–Kier alpha value is -1.36. The standard InChI is InChI=1S/C13H16BrNO3/c1-2-18-12(16)8-5-9-15-13(17)10-6-3-4-7-11(10)14/h3-4,6-7H,2,5,8-9H2,1H3,(H,15,17). The van der Waals surface area contributed by atoms with E-state index in [9.17, 15) is 9.59 Å². The molecule has 98 valence electrons. The van der Waals surface area contributed by atoms with E-state index in [0.717, 1.165) is 4.47 Å². The van der Waals surface area contributed by atoms with Crippen LogP contribution in [0.4, 0.5) is 0 Å². The predicted octanol–water partition coefficient (Wildman–Crippen LogP) is 2.52. The van der Waals surface area contributed by atoms with Crippen LogP contribution in [0.3, 0.4) is 0 Å². The summed E-state index contributed by atoms with van der Waals surface area (Å²) >= 11 is 3.31. The van der Waals surface area contributed by atoms with E-state index in [4.69, 9.17) is 4.74 Å². The Labute approximate surface area is 115 Å². The number of hydrogen-bond donors (Lipinski definition) is 1. The Balaban J connectivity index is 2.30. The number of amides is 1. The summed E-state index contributed by atoms with van der Waals surface area (Å²) in [5, 5.41) is 2.76. The van der Waals surface area contributed by atoms with Crippen LogP contribution in [0.15, 0.2) is 28.7 Å². The third-order valence-electron chi connectivity index (χ3n) is 2.27. The van der Waals surface area contributed by atoms with Gasteiger partial charge in [-0.3, -0.25) is 9.59 Å². The van der Waals surface area contributed by atoms with Crippen LogP contribution in [-0.2, 0) is 9.53 Å². The van der Waals surface area contributed by atoms with Crippen molar-refractivity contribution < 1.29 is 14.3 Å². The van der Waals surface area contributed by atoms with Gasteiger partial charge in [0.1, 0.15) is 0 Å². The maximum absolute atomic E-state index is 11.8. The van der Waals surface area contributed by atoms with E-state index >= 15 is 0 Å². The van der Waals surface area contributed by atoms with E-state index in [1.807, 2.05) is 12.1 Å². The second-order valence-electron chi connectivity index (χ2n) is 3.64. The van der Waals surface area contributed by atoms with E-state index in [0.29, 0.717) is 31.6 Å². The highest BCUT2D eigenvalue weighted by Crippen LogP contribution is 2.15. The van der Waals surface area contributed by atoms with Gasteiger partial charge in [-0.05, 0) is 41.4 Å². The molecule has 5 heteroatoms. The van der Waals surface area contributed by atoms with Gasteiger partial charge in [0, 0.05) is 17.4 Å². The molecule has 0 heterocycles. The lowest BCUT2D eigenvalue weighted by Gasteiger charge is -2.06. The van der Waals surface area contributed by atoms with Crippen molar-refractivity contribution in [3.63, 3.8) is 0 Å². The number of nitrogens with one attached hydrogen (secondary N) is 1. The monoisotopic (exact) mass is 313 g/mol. The van der Waals surface area contributed by atoms with Crippen molar-refractivity contribution in [2.24, 2.45) is 0 Å². The first-order valence-corrected chi connectivity index (χ1v) is 6.62. The van der Waals surface area contributed by atoms with Crippen molar-refractivity contribution in [3.05, 3.63) is 34.3 Å². The quantitative estimate of drug-likeness (QED) is 0.648. The molecule has 1 aromatic carbocycles. The molecule has 0 radical (unpaired) electrons. The molecule has 0 aliphatic heterocycles. The topological polar surface area (TPSA) is 55.4 Å². The lowest BCUT2D eigenvalue weighted by molar-refractivity contribution is -0.143. The minimum Gasteiger partial charge on any atom is -0.466 e. The van der Waals surface area contributed by atoms with Crippen LogP contribution in [0.2, 0.25) is 0 Å². The molecule has 1 rings (SSSR count). The Kier molecular flexibility index (Phi) is 6.43. The van der Waals surface area contributed by atoms with Crippen LogP contribution in [0, 0.1) is 0 Å².